The first-order valence-electron chi connectivity index (χ1n) is 5.38. The minimum atomic E-state index is -1.19. The van der Waals surface area contributed by atoms with E-state index in [4.69, 9.17) is 9.84 Å². The van der Waals surface area contributed by atoms with Gasteiger partial charge in [0.1, 0.15) is 12.9 Å². The van der Waals surface area contributed by atoms with Gasteiger partial charge in [-0.15, -0.1) is 0 Å². The summed E-state index contributed by atoms with van der Waals surface area (Å²) in [6.45, 7) is 2.63. The Hall–Kier alpha value is -2.44. The normalized spacial score (nSPS) is 10.8. The lowest BCUT2D eigenvalue weighted by molar-refractivity contribution is -0.385. The first-order valence-corrected chi connectivity index (χ1v) is 5.38. The molecule has 7 heteroatoms. The predicted molar refractivity (Wildman–Crippen MR) is 65.4 cm³/mol. The van der Waals surface area contributed by atoms with Crippen molar-refractivity contribution >= 4 is 17.9 Å². The van der Waals surface area contributed by atoms with E-state index in [1.54, 1.807) is 0 Å². The second-order valence-electron chi connectivity index (χ2n) is 4.58. The third kappa shape index (κ3) is 3.51. The summed E-state index contributed by atoms with van der Waals surface area (Å²) in [4.78, 5) is 31.7. The van der Waals surface area contributed by atoms with Crippen molar-refractivity contribution in [2.24, 2.45) is 5.41 Å². The van der Waals surface area contributed by atoms with Gasteiger partial charge in [-0.25, -0.2) is 0 Å². The molecule has 7 nitrogen and oxygen atoms in total. The van der Waals surface area contributed by atoms with Gasteiger partial charge in [0.25, 0.3) is 0 Å². The molecule has 0 radical (unpaired) electrons. The van der Waals surface area contributed by atoms with Crippen LogP contribution < -0.4 is 4.74 Å². The molecule has 0 spiro atoms. The maximum absolute atomic E-state index is 10.9. The van der Waals surface area contributed by atoms with E-state index in [9.17, 15) is 19.7 Å². The van der Waals surface area contributed by atoms with Gasteiger partial charge >= 0.3 is 11.7 Å². The van der Waals surface area contributed by atoms with Crippen molar-refractivity contribution < 1.29 is 24.4 Å². The summed E-state index contributed by atoms with van der Waals surface area (Å²) in [5.41, 5.74) is -1.29. The Labute approximate surface area is 109 Å². The van der Waals surface area contributed by atoms with E-state index >= 15 is 0 Å². The largest absolute Gasteiger partial charge is 0.486 e. The number of aliphatic carboxylic acids is 1. The smallest absolute Gasteiger partial charge is 0.312 e. The van der Waals surface area contributed by atoms with Crippen LogP contribution in [-0.2, 0) is 4.79 Å². The molecule has 19 heavy (non-hydrogen) atoms. The second-order valence-corrected chi connectivity index (χ2v) is 4.58. The monoisotopic (exact) mass is 267 g/mol. The Morgan fingerprint density at radius 2 is 2.16 bits per heavy atom. The molecule has 0 aliphatic rings. The van der Waals surface area contributed by atoms with Crippen LogP contribution in [0.15, 0.2) is 18.2 Å². The number of carbonyl (C=O) groups is 2. The maximum Gasteiger partial charge on any atom is 0.312 e. The molecule has 0 aromatic heterocycles. The zero-order valence-electron chi connectivity index (χ0n) is 10.5. The molecule has 0 aliphatic heterocycles. The number of hydrogen-bond acceptors (Lipinski definition) is 5. The Bertz CT molecular complexity index is 523. The van der Waals surface area contributed by atoms with Gasteiger partial charge in [-0.05, 0) is 26.0 Å². The number of hydrogen-bond donors (Lipinski definition) is 1. The molecule has 0 amide bonds. The van der Waals surface area contributed by atoms with Gasteiger partial charge < -0.3 is 9.84 Å². The number of carboxylic acids is 1. The van der Waals surface area contributed by atoms with E-state index < -0.39 is 16.3 Å². The van der Waals surface area contributed by atoms with Crippen molar-refractivity contribution in [3.8, 4) is 5.75 Å². The molecule has 102 valence electrons. The number of carboxylic acid groups (broad SMARTS) is 1. The van der Waals surface area contributed by atoms with Crippen LogP contribution in [0.2, 0.25) is 0 Å². The Kier molecular flexibility index (Phi) is 4.21. The minimum absolute atomic E-state index is 0.121. The van der Waals surface area contributed by atoms with Crippen molar-refractivity contribution in [1.82, 2.24) is 0 Å². The fraction of sp³-hybridized carbons (Fsp3) is 0.333. The number of carbonyl (C=O) groups excluding carboxylic acids is 1. The summed E-state index contributed by atoms with van der Waals surface area (Å²) in [5, 5.41) is 19.7. The molecule has 1 aromatic rings. The lowest BCUT2D eigenvalue weighted by atomic mass is 9.95. The number of nitrogens with zero attached hydrogens (tertiary/aromatic N) is 1. The summed E-state index contributed by atoms with van der Waals surface area (Å²) in [7, 11) is 0. The van der Waals surface area contributed by atoms with E-state index in [1.807, 2.05) is 0 Å². The quantitative estimate of drug-likeness (QED) is 0.479. The first kappa shape index (κ1) is 14.6. The summed E-state index contributed by atoms with van der Waals surface area (Å²) in [5.74, 6) is -1.20. The molecule has 0 saturated heterocycles. The van der Waals surface area contributed by atoms with Crippen LogP contribution in [0.25, 0.3) is 0 Å². The molecule has 1 aromatic carbocycles. The van der Waals surface area contributed by atoms with Crippen molar-refractivity contribution in [3.05, 3.63) is 33.9 Å². The Morgan fingerprint density at radius 3 is 2.63 bits per heavy atom. The maximum atomic E-state index is 10.9. The van der Waals surface area contributed by atoms with Crippen molar-refractivity contribution in [2.75, 3.05) is 6.61 Å². The number of aldehydes is 1. The van der Waals surface area contributed by atoms with Crippen LogP contribution in [-0.4, -0.2) is 28.9 Å². The number of benzene rings is 1. The molecular weight excluding hydrogens is 254 g/mol. The highest BCUT2D eigenvalue weighted by molar-refractivity contribution is 5.77. The molecule has 0 aliphatic carbocycles. The van der Waals surface area contributed by atoms with Crippen molar-refractivity contribution in [3.63, 3.8) is 0 Å². The van der Waals surface area contributed by atoms with Gasteiger partial charge in [-0.1, -0.05) is 0 Å². The predicted octanol–water partition coefficient (Wildman–Crippen LogP) is 1.90. The van der Waals surface area contributed by atoms with E-state index in [2.05, 4.69) is 0 Å². The van der Waals surface area contributed by atoms with Crippen LogP contribution in [0.3, 0.4) is 0 Å². The molecule has 0 saturated carbocycles. The average Bonchev–Trinajstić information content (AvgIpc) is 2.35. The summed E-state index contributed by atoms with van der Waals surface area (Å²) in [6.07, 6.45) is 0.527. The van der Waals surface area contributed by atoms with E-state index in [0.717, 1.165) is 6.07 Å². The molecule has 0 fully saturated rings. The highest BCUT2D eigenvalue weighted by Gasteiger charge is 2.29. The van der Waals surface area contributed by atoms with E-state index in [-0.39, 0.29) is 23.6 Å². The van der Waals surface area contributed by atoms with Crippen LogP contribution in [0.5, 0.6) is 5.75 Å². The number of ether oxygens (including phenoxy) is 1. The zero-order valence-corrected chi connectivity index (χ0v) is 10.5. The molecule has 0 unspecified atom stereocenters. The molecular formula is C12H13NO6. The number of nitro benzene ring substituents is 1. The van der Waals surface area contributed by atoms with Crippen LogP contribution >= 0.6 is 0 Å². The fourth-order valence-electron chi connectivity index (χ4n) is 1.19. The summed E-state index contributed by atoms with van der Waals surface area (Å²) in [6, 6.07) is 3.65. The first-order chi connectivity index (χ1) is 8.77. The third-order valence-corrected chi connectivity index (χ3v) is 2.48. The number of rotatable bonds is 6. The third-order valence-electron chi connectivity index (χ3n) is 2.48. The van der Waals surface area contributed by atoms with Gasteiger partial charge in [0, 0.05) is 11.6 Å². The average molecular weight is 267 g/mol. The number of nitro groups is 1. The summed E-state index contributed by atoms with van der Waals surface area (Å²) < 4.78 is 5.19. The van der Waals surface area contributed by atoms with Gasteiger partial charge in [-0.3, -0.25) is 19.7 Å². The highest BCUT2D eigenvalue weighted by Crippen LogP contribution is 2.29. The van der Waals surface area contributed by atoms with Gasteiger partial charge in [0.05, 0.1) is 10.3 Å². The van der Waals surface area contributed by atoms with Crippen molar-refractivity contribution in [2.45, 2.75) is 13.8 Å². The van der Waals surface area contributed by atoms with Crippen LogP contribution in [0.4, 0.5) is 5.69 Å². The van der Waals surface area contributed by atoms with Gasteiger partial charge in [-0.2, -0.15) is 0 Å². The molecule has 0 atom stereocenters. The molecule has 0 heterocycles. The van der Waals surface area contributed by atoms with Crippen LogP contribution in [0.1, 0.15) is 24.2 Å². The van der Waals surface area contributed by atoms with E-state index in [0.29, 0.717) is 6.29 Å². The molecule has 0 bridgehead atoms. The molecule has 1 rings (SSSR count). The Balaban J connectivity index is 3.01. The highest BCUT2D eigenvalue weighted by atomic mass is 16.6. The molecule has 1 N–H and O–H groups in total. The summed E-state index contributed by atoms with van der Waals surface area (Å²) >= 11 is 0. The lowest BCUT2D eigenvalue weighted by Gasteiger charge is -2.19. The van der Waals surface area contributed by atoms with E-state index in [1.165, 1.54) is 26.0 Å². The second kappa shape index (κ2) is 5.47. The van der Waals surface area contributed by atoms with Crippen molar-refractivity contribution in [1.29, 1.82) is 0 Å². The topological polar surface area (TPSA) is 107 Å². The van der Waals surface area contributed by atoms with Gasteiger partial charge in [0.15, 0.2) is 5.75 Å². The fourth-order valence-corrected chi connectivity index (χ4v) is 1.19. The SMILES string of the molecule is CC(C)(COc1cc(C=O)ccc1[N+](=O)[O-])C(=O)O. The van der Waals surface area contributed by atoms with Crippen LogP contribution in [0, 0.1) is 15.5 Å². The lowest BCUT2D eigenvalue weighted by Crippen LogP contribution is -2.30. The standard InChI is InChI=1S/C12H13NO6/c1-12(2,11(15)16)7-19-10-5-8(6-14)3-4-9(10)13(17)18/h3-6H,7H2,1-2H3,(H,15,16). The van der Waals surface area contributed by atoms with Gasteiger partial charge in [0.2, 0.25) is 0 Å². The minimum Gasteiger partial charge on any atom is -0.486 e. The Morgan fingerprint density at radius 1 is 1.53 bits per heavy atom. The zero-order chi connectivity index (χ0) is 14.6.